The van der Waals surface area contributed by atoms with Gasteiger partial charge in [0, 0.05) is 27.4 Å². The zero-order chi connectivity index (χ0) is 37.0. The molecule has 8 aromatic carbocycles. The Hall–Kier alpha value is -7.21. The molecule has 0 amide bonds. The molecule has 0 saturated heterocycles. The average molecular weight is 721 g/mol. The Labute approximate surface area is 324 Å². The van der Waals surface area contributed by atoms with Gasteiger partial charge in [-0.3, -0.25) is 5.32 Å². The fraction of sp³-hybridized carbons (Fsp3) is 0.0392. The first-order valence-electron chi connectivity index (χ1n) is 19.1. The van der Waals surface area contributed by atoms with E-state index in [1.807, 2.05) is 12.1 Å². The van der Waals surface area contributed by atoms with Gasteiger partial charge in [-0.25, -0.2) is 4.99 Å². The fourth-order valence-electron chi connectivity index (χ4n) is 8.43. The molecule has 0 saturated carbocycles. The number of nitrogens with zero attached hydrogens (tertiary/aromatic N) is 2. The summed E-state index contributed by atoms with van der Waals surface area (Å²) in [5.41, 5.74) is 13.1. The minimum atomic E-state index is -0.212. The van der Waals surface area contributed by atoms with E-state index in [9.17, 15) is 0 Å². The van der Waals surface area contributed by atoms with Gasteiger partial charge in [-0.05, 0) is 69.8 Å². The van der Waals surface area contributed by atoms with Crippen molar-refractivity contribution in [2.24, 2.45) is 4.99 Å². The number of amidine groups is 1. The van der Waals surface area contributed by atoms with Gasteiger partial charge in [0.15, 0.2) is 0 Å². The lowest BCUT2D eigenvalue weighted by atomic mass is 9.97. The number of aliphatic imine (C=N–C) groups is 1. The van der Waals surface area contributed by atoms with Crippen LogP contribution in [0.5, 0.6) is 0 Å². The summed E-state index contributed by atoms with van der Waals surface area (Å²) in [6.45, 7) is 0. The number of benzene rings is 8. The quantitative estimate of drug-likeness (QED) is 0.180. The van der Waals surface area contributed by atoms with Crippen molar-refractivity contribution in [3.8, 4) is 27.9 Å². The molecule has 0 aliphatic carbocycles. The molecule has 0 fully saturated rings. The number of rotatable bonds is 6. The van der Waals surface area contributed by atoms with Crippen molar-refractivity contribution in [1.82, 2.24) is 15.2 Å². The summed E-state index contributed by atoms with van der Waals surface area (Å²) in [5.74, 6) is 0.860. The molecule has 2 aromatic heterocycles. The second-order valence-corrected chi connectivity index (χ2v) is 14.4. The zero-order valence-electron chi connectivity index (χ0n) is 30.4. The molecule has 5 heteroatoms. The third kappa shape index (κ3) is 5.40. The molecule has 2 atom stereocenters. The molecular formula is C51H36N4O. The molecule has 5 nitrogen and oxygen atoms in total. The average Bonchev–Trinajstić information content (AvgIpc) is 3.83. The van der Waals surface area contributed by atoms with Crippen LogP contribution in [0.25, 0.3) is 71.7 Å². The Bertz CT molecular complexity index is 3060. The van der Waals surface area contributed by atoms with E-state index >= 15 is 0 Å². The van der Waals surface area contributed by atoms with Crippen LogP contribution in [0.1, 0.15) is 29.0 Å². The standard InChI is InChI=1S/C51H36N4O/c1-4-13-33(14-5-1)34-23-27-37(28-24-34)50-52-49(36-15-6-2-7-16-36)53-51(54-50)38-29-25-35(26-30-38)40-20-12-22-44-46(40)47-45(56-44)32-31-42-41-19-10-11-21-43(41)55(48(42)47)39-17-8-3-9-18-39/h1-32,49,51,53H,(H,52,54). The lowest BCUT2D eigenvalue weighted by Gasteiger charge is -2.32. The molecule has 266 valence electrons. The van der Waals surface area contributed by atoms with E-state index in [-0.39, 0.29) is 12.3 Å². The van der Waals surface area contributed by atoms with Gasteiger partial charge < -0.3 is 14.3 Å². The second-order valence-electron chi connectivity index (χ2n) is 14.4. The predicted molar refractivity (Wildman–Crippen MR) is 230 cm³/mol. The van der Waals surface area contributed by atoms with E-state index in [1.54, 1.807) is 0 Å². The molecule has 1 aliphatic rings. The van der Waals surface area contributed by atoms with Crippen LogP contribution in [0.15, 0.2) is 204 Å². The first kappa shape index (κ1) is 32.2. The van der Waals surface area contributed by atoms with Crippen LogP contribution in [0.2, 0.25) is 0 Å². The van der Waals surface area contributed by atoms with Crippen LogP contribution in [-0.2, 0) is 0 Å². The highest BCUT2D eigenvalue weighted by atomic mass is 16.3. The lowest BCUT2D eigenvalue weighted by Crippen LogP contribution is -2.44. The van der Waals surface area contributed by atoms with Crippen LogP contribution in [0, 0.1) is 0 Å². The van der Waals surface area contributed by atoms with Crippen molar-refractivity contribution < 1.29 is 4.42 Å². The van der Waals surface area contributed by atoms with Crippen molar-refractivity contribution in [2.75, 3.05) is 0 Å². The number of furan rings is 1. The summed E-state index contributed by atoms with van der Waals surface area (Å²) in [5, 5.41) is 12.2. The number of aromatic nitrogens is 1. The molecule has 2 unspecified atom stereocenters. The summed E-state index contributed by atoms with van der Waals surface area (Å²) in [4.78, 5) is 5.17. The minimum absolute atomic E-state index is 0.165. The molecule has 10 aromatic rings. The maximum absolute atomic E-state index is 6.62. The Morgan fingerprint density at radius 2 is 1.11 bits per heavy atom. The van der Waals surface area contributed by atoms with E-state index in [4.69, 9.17) is 9.41 Å². The molecule has 56 heavy (non-hydrogen) atoms. The van der Waals surface area contributed by atoms with Gasteiger partial charge >= 0.3 is 0 Å². The first-order valence-corrected chi connectivity index (χ1v) is 19.1. The largest absolute Gasteiger partial charge is 0.456 e. The fourth-order valence-corrected chi connectivity index (χ4v) is 8.43. The van der Waals surface area contributed by atoms with Gasteiger partial charge in [0.2, 0.25) is 0 Å². The molecule has 3 heterocycles. The number of nitrogens with one attached hydrogen (secondary N) is 2. The third-order valence-corrected chi connectivity index (χ3v) is 11.1. The van der Waals surface area contributed by atoms with Crippen molar-refractivity contribution in [1.29, 1.82) is 0 Å². The van der Waals surface area contributed by atoms with Gasteiger partial charge in [-0.1, -0.05) is 158 Å². The highest BCUT2D eigenvalue weighted by Crippen LogP contribution is 2.44. The summed E-state index contributed by atoms with van der Waals surface area (Å²) >= 11 is 0. The number of hydrogen-bond acceptors (Lipinski definition) is 4. The van der Waals surface area contributed by atoms with E-state index in [0.29, 0.717) is 0 Å². The molecule has 1 aliphatic heterocycles. The van der Waals surface area contributed by atoms with Crippen molar-refractivity contribution in [3.63, 3.8) is 0 Å². The first-order chi connectivity index (χ1) is 27.8. The van der Waals surface area contributed by atoms with Crippen LogP contribution in [0.3, 0.4) is 0 Å². The molecule has 0 spiro atoms. The molecule has 0 radical (unpaired) electrons. The Morgan fingerprint density at radius 1 is 0.464 bits per heavy atom. The number of para-hydroxylation sites is 2. The predicted octanol–water partition coefficient (Wildman–Crippen LogP) is 12.4. The van der Waals surface area contributed by atoms with Gasteiger partial charge in [0.1, 0.15) is 29.3 Å². The normalized spacial score (nSPS) is 15.7. The van der Waals surface area contributed by atoms with Crippen molar-refractivity contribution >= 4 is 49.6 Å². The highest BCUT2D eigenvalue weighted by molar-refractivity contribution is 6.27. The van der Waals surface area contributed by atoms with E-state index in [0.717, 1.165) is 66.8 Å². The summed E-state index contributed by atoms with van der Waals surface area (Å²) in [6, 6.07) is 68.5. The van der Waals surface area contributed by atoms with Gasteiger partial charge in [0.25, 0.3) is 0 Å². The number of hydrogen-bond donors (Lipinski definition) is 2. The highest BCUT2D eigenvalue weighted by Gasteiger charge is 2.26. The molecular weight excluding hydrogens is 685 g/mol. The van der Waals surface area contributed by atoms with Crippen LogP contribution < -0.4 is 10.6 Å². The third-order valence-electron chi connectivity index (χ3n) is 11.1. The zero-order valence-corrected chi connectivity index (χ0v) is 30.4. The van der Waals surface area contributed by atoms with Gasteiger partial charge in [-0.2, -0.15) is 0 Å². The molecule has 2 N–H and O–H groups in total. The van der Waals surface area contributed by atoms with E-state index < -0.39 is 0 Å². The smallest absolute Gasteiger partial charge is 0.137 e. The Balaban J connectivity index is 1.00. The van der Waals surface area contributed by atoms with Crippen LogP contribution >= 0.6 is 0 Å². The van der Waals surface area contributed by atoms with E-state index in [2.05, 4.69) is 197 Å². The summed E-state index contributed by atoms with van der Waals surface area (Å²) in [6.07, 6.45) is -0.377. The maximum Gasteiger partial charge on any atom is 0.137 e. The minimum Gasteiger partial charge on any atom is -0.456 e. The molecule has 0 bridgehead atoms. The Morgan fingerprint density at radius 3 is 1.89 bits per heavy atom. The lowest BCUT2D eigenvalue weighted by molar-refractivity contribution is 0.409. The van der Waals surface area contributed by atoms with Gasteiger partial charge in [-0.15, -0.1) is 0 Å². The summed E-state index contributed by atoms with van der Waals surface area (Å²) < 4.78 is 9.01. The summed E-state index contributed by atoms with van der Waals surface area (Å²) in [7, 11) is 0. The molecule has 11 rings (SSSR count). The topological polar surface area (TPSA) is 54.5 Å². The second kappa shape index (κ2) is 13.3. The Kier molecular flexibility index (Phi) is 7.64. The van der Waals surface area contributed by atoms with Crippen molar-refractivity contribution in [3.05, 3.63) is 211 Å². The van der Waals surface area contributed by atoms with Crippen LogP contribution in [-0.4, -0.2) is 10.4 Å². The van der Waals surface area contributed by atoms with Crippen LogP contribution in [0.4, 0.5) is 0 Å². The maximum atomic E-state index is 6.62. The number of fused-ring (bicyclic) bond motifs is 7. The SMILES string of the molecule is c1ccc(-c2ccc(C3=NC(c4ccccc4)NC(c4ccc(-c5cccc6oc7ccc8c9ccccc9n(-c9ccccc9)c8c7c56)cc4)N3)cc2)cc1. The monoisotopic (exact) mass is 720 g/mol. The van der Waals surface area contributed by atoms with E-state index in [1.165, 1.54) is 27.4 Å². The van der Waals surface area contributed by atoms with Gasteiger partial charge in [0.05, 0.1) is 16.4 Å². The van der Waals surface area contributed by atoms with Crippen molar-refractivity contribution in [2.45, 2.75) is 12.3 Å².